The maximum absolute atomic E-state index is 9.33. The van der Waals surface area contributed by atoms with E-state index in [2.05, 4.69) is 4.18 Å². The predicted molar refractivity (Wildman–Crippen MR) is 18.6 cm³/mol. The van der Waals surface area contributed by atoms with Crippen molar-refractivity contribution in [2.45, 2.75) is 0 Å². The molecule has 0 radical (unpaired) electrons. The topological polar surface area (TPSA) is 63.6 Å². The zero-order valence-electron chi connectivity index (χ0n) is 3.79. The van der Waals surface area contributed by atoms with E-state index in [1.807, 2.05) is 0 Å². The molecule has 0 saturated heterocycles. The van der Waals surface area contributed by atoms with Crippen LogP contribution in [0, 0.1) is 0 Å². The van der Waals surface area contributed by atoms with Crippen molar-refractivity contribution in [3.8, 4) is 0 Å². The average molecular weight is 177 g/mol. The summed E-state index contributed by atoms with van der Waals surface area (Å²) in [5, 5.41) is 0. The van der Waals surface area contributed by atoms with Crippen LogP contribution in [0.1, 0.15) is 0 Å². The second kappa shape index (κ2) is 3.49. The Morgan fingerprint density at radius 1 is 1.57 bits per heavy atom. The van der Waals surface area contributed by atoms with Gasteiger partial charge in [-0.3, -0.25) is 8.74 Å². The van der Waals surface area contributed by atoms with Gasteiger partial charge in [-0.1, -0.05) is 0 Å². The maximum atomic E-state index is 9.33. The standard InChI is InChI=1S/CH4O4S.Zn/c1-5-6(2,3)4;/h1H3,(H,2,3,4);. The monoisotopic (exact) mass is 176 g/mol. The molecule has 7 heavy (non-hydrogen) atoms. The molecule has 0 aliphatic carbocycles. The average Bonchev–Trinajstić information content (AvgIpc) is 1.35. The Hall–Kier alpha value is 0.493. The summed E-state index contributed by atoms with van der Waals surface area (Å²) < 4.78 is 29.7. The summed E-state index contributed by atoms with van der Waals surface area (Å²) in [6.07, 6.45) is 0. The molecule has 6 heteroatoms. The molecule has 0 aliphatic rings. The SMILES string of the molecule is COS(=O)(=O)O.[Zn]. The van der Waals surface area contributed by atoms with Crippen molar-refractivity contribution in [1.29, 1.82) is 0 Å². The molecular weight excluding hydrogens is 173 g/mol. The smallest absolute Gasteiger partial charge is 0.264 e. The number of hydrogen-bond donors (Lipinski definition) is 1. The quantitative estimate of drug-likeness (QED) is 0.431. The molecule has 0 aromatic carbocycles. The largest absolute Gasteiger partial charge is 0.397 e. The maximum Gasteiger partial charge on any atom is 0.397 e. The van der Waals surface area contributed by atoms with Crippen molar-refractivity contribution in [2.24, 2.45) is 0 Å². The van der Waals surface area contributed by atoms with E-state index in [0.29, 0.717) is 0 Å². The van der Waals surface area contributed by atoms with E-state index in [4.69, 9.17) is 4.55 Å². The summed E-state index contributed by atoms with van der Waals surface area (Å²) >= 11 is 0. The Bertz CT molecular complexity index is 114. The van der Waals surface area contributed by atoms with Gasteiger partial charge in [0, 0.05) is 19.5 Å². The minimum atomic E-state index is -4.16. The van der Waals surface area contributed by atoms with Crippen LogP contribution in [-0.2, 0) is 34.1 Å². The van der Waals surface area contributed by atoms with Gasteiger partial charge in [0.2, 0.25) is 0 Å². The first-order chi connectivity index (χ1) is 2.56. The van der Waals surface area contributed by atoms with Crippen LogP contribution in [0.25, 0.3) is 0 Å². The fourth-order valence-corrected chi connectivity index (χ4v) is 0. The molecular formula is CH4O4SZn. The molecule has 0 fully saturated rings. The number of rotatable bonds is 1. The van der Waals surface area contributed by atoms with E-state index >= 15 is 0 Å². The van der Waals surface area contributed by atoms with Crippen molar-refractivity contribution in [3.63, 3.8) is 0 Å². The van der Waals surface area contributed by atoms with E-state index in [0.717, 1.165) is 7.11 Å². The molecule has 0 amide bonds. The van der Waals surface area contributed by atoms with Gasteiger partial charge in [0.15, 0.2) is 0 Å². The van der Waals surface area contributed by atoms with Crippen LogP contribution in [0.15, 0.2) is 0 Å². The second-order valence-corrected chi connectivity index (χ2v) is 1.78. The van der Waals surface area contributed by atoms with Crippen molar-refractivity contribution >= 4 is 10.4 Å². The van der Waals surface area contributed by atoms with Crippen molar-refractivity contribution < 1.29 is 36.6 Å². The fourth-order valence-electron chi connectivity index (χ4n) is 0. The Morgan fingerprint density at radius 3 is 1.71 bits per heavy atom. The van der Waals surface area contributed by atoms with E-state index < -0.39 is 10.4 Å². The van der Waals surface area contributed by atoms with Gasteiger partial charge in [-0.2, -0.15) is 8.42 Å². The molecule has 0 spiro atoms. The van der Waals surface area contributed by atoms with Gasteiger partial charge in [-0.15, -0.1) is 0 Å². The fraction of sp³-hybridized carbons (Fsp3) is 1.00. The molecule has 0 rings (SSSR count). The number of hydrogen-bond acceptors (Lipinski definition) is 3. The van der Waals surface area contributed by atoms with Gasteiger partial charge < -0.3 is 0 Å². The van der Waals surface area contributed by atoms with Gasteiger partial charge in [0.1, 0.15) is 0 Å². The zero-order valence-corrected chi connectivity index (χ0v) is 7.57. The third-order valence-electron chi connectivity index (χ3n) is 0.211. The van der Waals surface area contributed by atoms with Crippen LogP contribution in [-0.4, -0.2) is 20.1 Å². The summed E-state index contributed by atoms with van der Waals surface area (Å²) in [6.45, 7) is 0. The van der Waals surface area contributed by atoms with Crippen LogP contribution in [0.5, 0.6) is 0 Å². The Kier molecular flexibility index (Phi) is 5.22. The molecule has 4 nitrogen and oxygen atoms in total. The van der Waals surface area contributed by atoms with Crippen LogP contribution < -0.4 is 0 Å². The van der Waals surface area contributed by atoms with Crippen molar-refractivity contribution in [1.82, 2.24) is 0 Å². The first-order valence-corrected chi connectivity index (χ1v) is 2.46. The Labute approximate surface area is 54.6 Å². The van der Waals surface area contributed by atoms with Gasteiger partial charge in [0.25, 0.3) is 0 Å². The molecule has 1 N–H and O–H groups in total. The summed E-state index contributed by atoms with van der Waals surface area (Å²) in [5.74, 6) is 0. The van der Waals surface area contributed by atoms with Gasteiger partial charge in [-0.25, -0.2) is 0 Å². The van der Waals surface area contributed by atoms with Crippen LogP contribution in [0.4, 0.5) is 0 Å². The summed E-state index contributed by atoms with van der Waals surface area (Å²) in [6, 6.07) is 0. The molecule has 0 atom stereocenters. The first kappa shape index (κ1) is 10.5. The van der Waals surface area contributed by atoms with Crippen LogP contribution >= 0.6 is 0 Å². The molecule has 0 unspecified atom stereocenters. The molecule has 0 aromatic rings. The van der Waals surface area contributed by atoms with E-state index in [-0.39, 0.29) is 19.5 Å². The van der Waals surface area contributed by atoms with Gasteiger partial charge in [-0.05, 0) is 0 Å². The van der Waals surface area contributed by atoms with Crippen molar-refractivity contribution in [2.75, 3.05) is 7.11 Å². The van der Waals surface area contributed by atoms with E-state index in [9.17, 15) is 8.42 Å². The molecule has 40 valence electrons. The normalized spacial score (nSPS) is 10.0. The third kappa shape index (κ3) is 10.7. The second-order valence-electron chi connectivity index (χ2n) is 0.594. The third-order valence-corrected chi connectivity index (χ3v) is 0.632. The van der Waals surface area contributed by atoms with Crippen molar-refractivity contribution in [3.05, 3.63) is 0 Å². The first-order valence-electron chi connectivity index (χ1n) is 1.09. The van der Waals surface area contributed by atoms with Crippen LogP contribution in [0.3, 0.4) is 0 Å². The minimum absolute atomic E-state index is 0. The van der Waals surface area contributed by atoms with E-state index in [1.54, 1.807) is 0 Å². The molecule has 0 saturated carbocycles. The molecule has 0 bridgehead atoms. The predicted octanol–water partition coefficient (Wildman–Crippen LogP) is -0.567. The Morgan fingerprint density at radius 2 is 1.71 bits per heavy atom. The van der Waals surface area contributed by atoms with Gasteiger partial charge >= 0.3 is 10.4 Å². The minimum Gasteiger partial charge on any atom is -0.264 e. The summed E-state index contributed by atoms with van der Waals surface area (Å²) in [7, 11) is -3.29. The summed E-state index contributed by atoms with van der Waals surface area (Å²) in [4.78, 5) is 0. The van der Waals surface area contributed by atoms with Gasteiger partial charge in [0.05, 0.1) is 7.11 Å². The zero-order chi connectivity index (χ0) is 5.21. The van der Waals surface area contributed by atoms with Crippen LogP contribution in [0.2, 0.25) is 0 Å². The molecule has 0 heterocycles. The van der Waals surface area contributed by atoms with E-state index in [1.165, 1.54) is 0 Å². The Balaban J connectivity index is 0. The molecule has 0 aromatic heterocycles. The molecule has 0 aliphatic heterocycles. The summed E-state index contributed by atoms with van der Waals surface area (Å²) in [5.41, 5.74) is 0.